The Bertz CT molecular complexity index is 365. The van der Waals surface area contributed by atoms with Gasteiger partial charge in [0.05, 0.1) is 4.47 Å². The topological polar surface area (TPSA) is 35.2 Å². The molecule has 0 radical (unpaired) electrons. The fraction of sp³-hybridized carbons (Fsp3) is 0.273. The van der Waals surface area contributed by atoms with Crippen molar-refractivity contribution in [1.82, 2.24) is 0 Å². The minimum absolute atomic E-state index is 0.414. The first-order chi connectivity index (χ1) is 6.77. The third kappa shape index (κ3) is 3.06. The molecule has 1 rings (SSSR count). The first-order valence-corrected chi connectivity index (χ1v) is 5.08. The van der Waals surface area contributed by atoms with E-state index in [0.717, 1.165) is 15.8 Å². The Balaban J connectivity index is 2.71. The predicted molar refractivity (Wildman–Crippen MR) is 61.0 cm³/mol. The quantitative estimate of drug-likeness (QED) is 0.840. The molecule has 0 aliphatic carbocycles. The average Bonchev–Trinajstić information content (AvgIpc) is 2.20. The van der Waals surface area contributed by atoms with Crippen LogP contribution in [0.25, 0.3) is 0 Å². The van der Waals surface area contributed by atoms with E-state index in [9.17, 15) is 0 Å². The normalized spacial score (nSPS) is 9.07. The molecule has 74 valence electrons. The minimum Gasteiger partial charge on any atom is -0.480 e. The Morgan fingerprint density at radius 1 is 1.50 bits per heavy atom. The van der Waals surface area contributed by atoms with Crippen molar-refractivity contribution in [3.05, 3.63) is 28.2 Å². The summed E-state index contributed by atoms with van der Waals surface area (Å²) in [5, 5.41) is 0. The second kappa shape index (κ2) is 5.69. The molecule has 0 saturated heterocycles. The van der Waals surface area contributed by atoms with Crippen molar-refractivity contribution in [2.75, 3.05) is 6.61 Å². The number of hydrogen-bond donors (Lipinski definition) is 1. The molecule has 2 nitrogen and oxygen atoms in total. The molecule has 1 aromatic carbocycles. The third-order valence-corrected chi connectivity index (χ3v) is 2.33. The summed E-state index contributed by atoms with van der Waals surface area (Å²) < 4.78 is 6.33. The molecule has 1 aromatic rings. The molecule has 0 spiro atoms. The van der Waals surface area contributed by atoms with Crippen LogP contribution in [-0.2, 0) is 6.54 Å². The number of ether oxygens (including phenoxy) is 1. The van der Waals surface area contributed by atoms with Crippen LogP contribution in [-0.4, -0.2) is 6.61 Å². The van der Waals surface area contributed by atoms with E-state index in [1.165, 1.54) is 0 Å². The Labute approximate surface area is 92.6 Å². The molecule has 14 heavy (non-hydrogen) atoms. The van der Waals surface area contributed by atoms with Gasteiger partial charge < -0.3 is 10.5 Å². The fourth-order valence-corrected chi connectivity index (χ4v) is 1.52. The van der Waals surface area contributed by atoms with E-state index in [1.807, 2.05) is 18.2 Å². The molecule has 0 amide bonds. The van der Waals surface area contributed by atoms with Crippen molar-refractivity contribution in [3.8, 4) is 17.6 Å². The van der Waals surface area contributed by atoms with E-state index >= 15 is 0 Å². The zero-order chi connectivity index (χ0) is 10.4. The number of nitrogens with two attached hydrogens (primary N) is 1. The monoisotopic (exact) mass is 253 g/mol. The van der Waals surface area contributed by atoms with Crippen LogP contribution in [0.2, 0.25) is 0 Å². The molecule has 3 heteroatoms. The van der Waals surface area contributed by atoms with Crippen molar-refractivity contribution < 1.29 is 4.74 Å². The maximum Gasteiger partial charge on any atom is 0.149 e. The van der Waals surface area contributed by atoms with Crippen LogP contribution < -0.4 is 10.5 Å². The van der Waals surface area contributed by atoms with Crippen molar-refractivity contribution in [3.63, 3.8) is 0 Å². The molecular weight excluding hydrogens is 242 g/mol. The summed E-state index contributed by atoms with van der Waals surface area (Å²) in [5.41, 5.74) is 6.58. The van der Waals surface area contributed by atoms with Gasteiger partial charge in [-0.2, -0.15) is 0 Å². The third-order valence-electron chi connectivity index (χ3n) is 1.71. The zero-order valence-corrected chi connectivity index (χ0v) is 9.60. The van der Waals surface area contributed by atoms with Gasteiger partial charge in [-0.3, -0.25) is 0 Å². The molecule has 0 aromatic heterocycles. The molecule has 0 atom stereocenters. The van der Waals surface area contributed by atoms with Crippen LogP contribution in [0.15, 0.2) is 22.7 Å². The van der Waals surface area contributed by atoms with Gasteiger partial charge in [0.15, 0.2) is 0 Å². The maximum atomic E-state index is 5.51. The molecule has 0 unspecified atom stereocenters. The van der Waals surface area contributed by atoms with Gasteiger partial charge in [-0.1, -0.05) is 12.0 Å². The summed E-state index contributed by atoms with van der Waals surface area (Å²) in [6, 6.07) is 5.79. The molecule has 0 aliphatic rings. The van der Waals surface area contributed by atoms with Crippen LogP contribution in [0, 0.1) is 11.8 Å². The Morgan fingerprint density at radius 2 is 2.29 bits per heavy atom. The lowest BCUT2D eigenvalue weighted by Gasteiger charge is -2.06. The first kappa shape index (κ1) is 11.1. The highest BCUT2D eigenvalue weighted by Gasteiger charge is 2.00. The lowest BCUT2D eigenvalue weighted by molar-refractivity contribution is 0.368. The second-order valence-electron chi connectivity index (χ2n) is 2.68. The summed E-state index contributed by atoms with van der Waals surface area (Å²) in [5.74, 6) is 6.40. The van der Waals surface area contributed by atoms with Crippen molar-refractivity contribution in [1.29, 1.82) is 0 Å². The molecule has 0 heterocycles. The lowest BCUT2D eigenvalue weighted by Crippen LogP contribution is -1.98. The van der Waals surface area contributed by atoms with Crippen molar-refractivity contribution in [2.45, 2.75) is 13.5 Å². The van der Waals surface area contributed by atoms with E-state index < -0.39 is 0 Å². The van der Waals surface area contributed by atoms with Crippen LogP contribution >= 0.6 is 15.9 Å². The van der Waals surface area contributed by atoms with E-state index in [1.54, 1.807) is 6.92 Å². The Hall–Kier alpha value is -0.980. The molecule has 0 fully saturated rings. The molecule has 2 N–H and O–H groups in total. The smallest absolute Gasteiger partial charge is 0.149 e. The van der Waals surface area contributed by atoms with Crippen LogP contribution in [0.3, 0.4) is 0 Å². The van der Waals surface area contributed by atoms with Gasteiger partial charge >= 0.3 is 0 Å². The van der Waals surface area contributed by atoms with Gasteiger partial charge in [0.25, 0.3) is 0 Å². The Morgan fingerprint density at radius 3 is 2.86 bits per heavy atom. The average molecular weight is 254 g/mol. The summed E-state index contributed by atoms with van der Waals surface area (Å²) in [6.45, 7) is 2.74. The van der Waals surface area contributed by atoms with Gasteiger partial charge in [-0.05, 0) is 40.5 Å². The number of rotatable bonds is 3. The predicted octanol–water partition coefficient (Wildman–Crippen LogP) is 2.31. The van der Waals surface area contributed by atoms with E-state index in [4.69, 9.17) is 10.5 Å². The van der Waals surface area contributed by atoms with E-state index in [0.29, 0.717) is 13.2 Å². The molecule has 0 aliphatic heterocycles. The zero-order valence-electron chi connectivity index (χ0n) is 8.01. The molecule has 0 bridgehead atoms. The molecular formula is C11H12BrNO. The van der Waals surface area contributed by atoms with E-state index in [-0.39, 0.29) is 0 Å². The maximum absolute atomic E-state index is 5.51. The van der Waals surface area contributed by atoms with Gasteiger partial charge in [-0.15, -0.1) is 5.92 Å². The van der Waals surface area contributed by atoms with Gasteiger partial charge in [0.2, 0.25) is 0 Å². The minimum atomic E-state index is 0.414. The highest BCUT2D eigenvalue weighted by Crippen LogP contribution is 2.25. The SMILES string of the molecule is CC#CCOc1ccc(CN)cc1Br. The van der Waals surface area contributed by atoms with Gasteiger partial charge in [-0.25, -0.2) is 0 Å². The fourth-order valence-electron chi connectivity index (χ4n) is 0.974. The van der Waals surface area contributed by atoms with E-state index in [2.05, 4.69) is 27.8 Å². The van der Waals surface area contributed by atoms with Crippen molar-refractivity contribution in [2.24, 2.45) is 5.73 Å². The highest BCUT2D eigenvalue weighted by atomic mass is 79.9. The Kier molecular flexibility index (Phi) is 4.51. The molecule has 0 saturated carbocycles. The highest BCUT2D eigenvalue weighted by molar-refractivity contribution is 9.10. The van der Waals surface area contributed by atoms with Crippen LogP contribution in [0.4, 0.5) is 0 Å². The summed E-state index contributed by atoms with van der Waals surface area (Å²) in [7, 11) is 0. The van der Waals surface area contributed by atoms with Crippen LogP contribution in [0.1, 0.15) is 12.5 Å². The second-order valence-corrected chi connectivity index (χ2v) is 3.54. The standard InChI is InChI=1S/C11H12BrNO/c1-2-3-6-14-11-5-4-9(8-13)7-10(11)12/h4-5,7H,6,8,13H2,1H3. The number of hydrogen-bond acceptors (Lipinski definition) is 2. The number of halogens is 1. The van der Waals surface area contributed by atoms with Crippen molar-refractivity contribution >= 4 is 15.9 Å². The lowest BCUT2D eigenvalue weighted by atomic mass is 10.2. The number of benzene rings is 1. The summed E-state index contributed by atoms with van der Waals surface area (Å²) in [4.78, 5) is 0. The van der Waals surface area contributed by atoms with Crippen LogP contribution in [0.5, 0.6) is 5.75 Å². The van der Waals surface area contributed by atoms with Gasteiger partial charge in [0, 0.05) is 6.54 Å². The largest absolute Gasteiger partial charge is 0.480 e. The van der Waals surface area contributed by atoms with Gasteiger partial charge in [0.1, 0.15) is 12.4 Å². The summed E-state index contributed by atoms with van der Waals surface area (Å²) in [6.07, 6.45) is 0. The first-order valence-electron chi connectivity index (χ1n) is 4.29. The summed E-state index contributed by atoms with van der Waals surface area (Å²) >= 11 is 3.41.